The molecule has 0 saturated carbocycles. The normalized spacial score (nSPS) is 11.0. The van der Waals surface area contributed by atoms with Gasteiger partial charge in [-0.1, -0.05) is 12.1 Å². The minimum absolute atomic E-state index is 0.261. The highest BCUT2D eigenvalue weighted by molar-refractivity contribution is 5.97. The Balaban J connectivity index is 1.65. The maximum atomic E-state index is 12.1. The maximum Gasteiger partial charge on any atom is 0.271 e. The van der Waals surface area contributed by atoms with Crippen LogP contribution >= 0.6 is 0 Å². The largest absolute Gasteiger partial charge is 0.378 e. The van der Waals surface area contributed by atoms with E-state index in [1.807, 2.05) is 43.3 Å². The van der Waals surface area contributed by atoms with E-state index < -0.39 is 0 Å². The second kappa shape index (κ2) is 6.31. The van der Waals surface area contributed by atoms with Gasteiger partial charge in [-0.2, -0.15) is 5.10 Å². The molecule has 0 radical (unpaired) electrons. The van der Waals surface area contributed by atoms with E-state index >= 15 is 0 Å². The topological polar surface area (TPSA) is 73.4 Å². The number of amides is 1. The molecule has 3 aromatic rings. The second-order valence-corrected chi connectivity index (χ2v) is 5.32. The summed E-state index contributed by atoms with van der Waals surface area (Å²) in [4.78, 5) is 21.2. The van der Waals surface area contributed by atoms with Gasteiger partial charge < -0.3 is 9.88 Å². The first-order valence-corrected chi connectivity index (χ1v) is 7.17. The number of nitrogens with one attached hydrogen (secondary N) is 2. The van der Waals surface area contributed by atoms with Crippen LogP contribution in [0.2, 0.25) is 0 Å². The molecule has 6 heteroatoms. The van der Waals surface area contributed by atoms with Crippen molar-refractivity contribution in [2.75, 3.05) is 19.0 Å². The van der Waals surface area contributed by atoms with E-state index in [1.165, 1.54) is 0 Å². The molecule has 6 nitrogen and oxygen atoms in total. The highest BCUT2D eigenvalue weighted by Crippen LogP contribution is 2.12. The van der Waals surface area contributed by atoms with E-state index in [9.17, 15) is 4.79 Å². The Morgan fingerprint density at radius 3 is 2.74 bits per heavy atom. The summed E-state index contributed by atoms with van der Waals surface area (Å²) in [6.45, 7) is 0. The van der Waals surface area contributed by atoms with Crippen molar-refractivity contribution in [2.24, 2.45) is 5.10 Å². The molecule has 0 aliphatic heterocycles. The third-order valence-corrected chi connectivity index (χ3v) is 3.47. The van der Waals surface area contributed by atoms with E-state index in [2.05, 4.69) is 20.5 Å². The first kappa shape index (κ1) is 14.8. The average Bonchev–Trinajstić information content (AvgIpc) is 3.02. The molecule has 0 atom stereocenters. The predicted molar refractivity (Wildman–Crippen MR) is 91.9 cm³/mol. The molecule has 1 amide bonds. The fourth-order valence-electron chi connectivity index (χ4n) is 2.17. The molecule has 0 saturated heterocycles. The van der Waals surface area contributed by atoms with Gasteiger partial charge in [0.15, 0.2) is 0 Å². The Hall–Kier alpha value is -3.15. The van der Waals surface area contributed by atoms with Crippen LogP contribution in [0.5, 0.6) is 0 Å². The number of rotatable bonds is 4. The zero-order valence-corrected chi connectivity index (χ0v) is 12.9. The Labute approximate surface area is 133 Å². The lowest BCUT2D eigenvalue weighted by Crippen LogP contribution is -2.17. The van der Waals surface area contributed by atoms with Crippen molar-refractivity contribution >= 4 is 28.8 Å². The first-order valence-electron chi connectivity index (χ1n) is 7.17. The van der Waals surface area contributed by atoms with Gasteiger partial charge in [0.2, 0.25) is 0 Å². The zero-order valence-electron chi connectivity index (χ0n) is 12.9. The summed E-state index contributed by atoms with van der Waals surface area (Å²) in [5, 5.41) is 4.00. The van der Waals surface area contributed by atoms with Crippen molar-refractivity contribution < 1.29 is 4.79 Å². The lowest BCUT2D eigenvalue weighted by molar-refractivity contribution is 0.0955. The highest BCUT2D eigenvalue weighted by atomic mass is 16.2. The van der Waals surface area contributed by atoms with Crippen LogP contribution in [0, 0.1) is 0 Å². The molecule has 3 rings (SSSR count). The molecule has 2 aromatic carbocycles. The van der Waals surface area contributed by atoms with Crippen molar-refractivity contribution in [1.29, 1.82) is 0 Å². The standard InChI is InChI=1S/C17H17N5O/c1-22(2)14-6-3-12(4-7-14)10-20-21-17(23)13-5-8-15-16(9-13)19-11-18-15/h3-11H,1-2H3,(H,18,19)(H,21,23). The monoisotopic (exact) mass is 307 g/mol. The van der Waals surface area contributed by atoms with Gasteiger partial charge in [0.05, 0.1) is 23.6 Å². The molecule has 0 fully saturated rings. The molecule has 0 unspecified atom stereocenters. The zero-order chi connectivity index (χ0) is 16.2. The Kier molecular flexibility index (Phi) is 4.05. The SMILES string of the molecule is CN(C)c1ccc(C=NNC(=O)c2ccc3nc[nH]c3c2)cc1. The summed E-state index contributed by atoms with van der Waals surface area (Å²) in [5.74, 6) is -0.261. The molecule has 1 aromatic heterocycles. The number of aromatic amines is 1. The fourth-order valence-corrected chi connectivity index (χ4v) is 2.17. The number of fused-ring (bicyclic) bond motifs is 1. The van der Waals surface area contributed by atoms with Crippen molar-refractivity contribution in [3.05, 3.63) is 59.9 Å². The first-order chi connectivity index (χ1) is 11.1. The highest BCUT2D eigenvalue weighted by Gasteiger charge is 2.06. The number of hydrazone groups is 1. The summed E-state index contributed by atoms with van der Waals surface area (Å²) in [5.41, 5.74) is 6.73. The van der Waals surface area contributed by atoms with Crippen LogP contribution in [-0.4, -0.2) is 36.2 Å². The molecule has 23 heavy (non-hydrogen) atoms. The van der Waals surface area contributed by atoms with Gasteiger partial charge in [-0.25, -0.2) is 10.4 Å². The third-order valence-electron chi connectivity index (χ3n) is 3.47. The number of nitrogens with zero attached hydrogens (tertiary/aromatic N) is 3. The van der Waals surface area contributed by atoms with Gasteiger partial charge in [-0.15, -0.1) is 0 Å². The summed E-state index contributed by atoms with van der Waals surface area (Å²) < 4.78 is 0. The van der Waals surface area contributed by atoms with Gasteiger partial charge in [-0.05, 0) is 35.9 Å². The van der Waals surface area contributed by atoms with Crippen molar-refractivity contribution in [3.63, 3.8) is 0 Å². The number of benzene rings is 2. The van der Waals surface area contributed by atoms with Crippen LogP contribution in [0.25, 0.3) is 11.0 Å². The number of aromatic nitrogens is 2. The molecule has 2 N–H and O–H groups in total. The molecular formula is C17H17N5O. The summed E-state index contributed by atoms with van der Waals surface area (Å²) >= 11 is 0. The number of H-pyrrole nitrogens is 1. The van der Waals surface area contributed by atoms with Gasteiger partial charge >= 0.3 is 0 Å². The van der Waals surface area contributed by atoms with E-state index in [0.29, 0.717) is 5.56 Å². The summed E-state index contributed by atoms with van der Waals surface area (Å²) in [7, 11) is 3.97. The van der Waals surface area contributed by atoms with Crippen molar-refractivity contribution in [1.82, 2.24) is 15.4 Å². The molecule has 0 spiro atoms. The number of hydrogen-bond donors (Lipinski definition) is 2. The van der Waals surface area contributed by atoms with Crippen LogP contribution in [0.15, 0.2) is 53.9 Å². The van der Waals surface area contributed by atoms with Gasteiger partial charge in [-0.3, -0.25) is 4.79 Å². The smallest absolute Gasteiger partial charge is 0.271 e. The summed E-state index contributed by atoms with van der Waals surface area (Å²) in [6.07, 6.45) is 3.22. The van der Waals surface area contributed by atoms with Crippen LogP contribution in [0.4, 0.5) is 5.69 Å². The van der Waals surface area contributed by atoms with Crippen molar-refractivity contribution in [2.45, 2.75) is 0 Å². The van der Waals surface area contributed by atoms with E-state index in [1.54, 1.807) is 30.7 Å². The van der Waals surface area contributed by atoms with Gasteiger partial charge in [0, 0.05) is 25.3 Å². The fraction of sp³-hybridized carbons (Fsp3) is 0.118. The molecule has 0 aliphatic rings. The summed E-state index contributed by atoms with van der Waals surface area (Å²) in [6, 6.07) is 13.2. The number of carbonyl (C=O) groups excluding carboxylic acids is 1. The number of anilines is 1. The molecule has 0 aliphatic carbocycles. The van der Waals surface area contributed by atoms with Crippen LogP contribution in [-0.2, 0) is 0 Å². The number of imidazole rings is 1. The number of hydrogen-bond acceptors (Lipinski definition) is 4. The lowest BCUT2D eigenvalue weighted by atomic mass is 10.2. The van der Waals surface area contributed by atoms with E-state index in [-0.39, 0.29) is 5.91 Å². The van der Waals surface area contributed by atoms with Gasteiger partial charge in [0.25, 0.3) is 5.91 Å². The molecule has 1 heterocycles. The van der Waals surface area contributed by atoms with E-state index in [4.69, 9.17) is 0 Å². The second-order valence-electron chi connectivity index (χ2n) is 5.32. The quantitative estimate of drug-likeness (QED) is 0.574. The molecule has 0 bridgehead atoms. The number of carbonyl (C=O) groups is 1. The van der Waals surface area contributed by atoms with Crippen molar-refractivity contribution in [3.8, 4) is 0 Å². The average molecular weight is 307 g/mol. The van der Waals surface area contributed by atoms with E-state index in [0.717, 1.165) is 22.3 Å². The minimum atomic E-state index is -0.261. The predicted octanol–water partition coefficient (Wildman–Crippen LogP) is 2.39. The molecule has 116 valence electrons. The van der Waals surface area contributed by atoms with Crippen LogP contribution < -0.4 is 10.3 Å². The Morgan fingerprint density at radius 2 is 2.00 bits per heavy atom. The van der Waals surface area contributed by atoms with Crippen LogP contribution in [0.1, 0.15) is 15.9 Å². The Morgan fingerprint density at radius 1 is 1.22 bits per heavy atom. The lowest BCUT2D eigenvalue weighted by Gasteiger charge is -2.11. The Bertz CT molecular complexity index is 849. The minimum Gasteiger partial charge on any atom is -0.378 e. The van der Waals surface area contributed by atoms with Crippen LogP contribution in [0.3, 0.4) is 0 Å². The maximum absolute atomic E-state index is 12.1. The molecular weight excluding hydrogens is 290 g/mol. The van der Waals surface area contributed by atoms with Gasteiger partial charge in [0.1, 0.15) is 0 Å². The third kappa shape index (κ3) is 3.37.